The summed E-state index contributed by atoms with van der Waals surface area (Å²) in [4.78, 5) is 0. The summed E-state index contributed by atoms with van der Waals surface area (Å²) in [6.07, 6.45) is 114. The fourth-order valence-electron chi connectivity index (χ4n) is 16.4. The van der Waals surface area contributed by atoms with Crippen molar-refractivity contribution in [1.29, 1.82) is 0 Å². The van der Waals surface area contributed by atoms with Gasteiger partial charge in [-0.05, 0) is 77.8 Å². The molecule has 0 fully saturated rings. The van der Waals surface area contributed by atoms with Crippen molar-refractivity contribution in [3.63, 3.8) is 0 Å². The lowest BCUT2D eigenvalue weighted by Crippen LogP contribution is -1.95. The van der Waals surface area contributed by atoms with Gasteiger partial charge in [0.15, 0.2) is 0 Å². The van der Waals surface area contributed by atoms with Crippen LogP contribution in [0.1, 0.15) is 526 Å². The second kappa shape index (κ2) is 71.1. The van der Waals surface area contributed by atoms with Crippen molar-refractivity contribution in [3.05, 3.63) is 62.0 Å². The Morgan fingerprint density at radius 1 is 0.177 bits per heavy atom. The highest BCUT2D eigenvalue weighted by Crippen LogP contribution is 2.49. The average Bonchev–Trinajstić information content (AvgIpc) is 1.60. The maximum absolute atomic E-state index is 3.87. The van der Waals surface area contributed by atoms with Crippen LogP contribution in [-0.4, -0.2) is 0 Å². The van der Waals surface area contributed by atoms with Crippen LogP contribution < -0.4 is 0 Å². The van der Waals surface area contributed by atoms with E-state index in [4.69, 9.17) is 0 Å². The van der Waals surface area contributed by atoms with Gasteiger partial charge in [0.2, 0.25) is 0 Å². The number of rotatable bonds is 78. The molecule has 0 amide bonds. The normalized spacial score (nSPS) is 12.1. The maximum Gasteiger partial charge on any atom is 0.0181 e. The van der Waals surface area contributed by atoms with Crippen molar-refractivity contribution in [1.82, 2.24) is 0 Å². The predicted molar refractivity (Wildman–Crippen MR) is 445 cm³/mol. The largest absolute Gasteiger partial charge is 0.0654 e. The molecule has 3 rings (SSSR count). The van der Waals surface area contributed by atoms with E-state index in [-0.39, 0.29) is 0 Å². The molecule has 0 unspecified atom stereocenters. The van der Waals surface area contributed by atoms with E-state index in [2.05, 4.69) is 82.1 Å². The molecule has 2 aromatic rings. The molecule has 0 heterocycles. The average molecular weight is 1460 g/mol. The molecule has 0 N–H and O–H groups in total. The predicted octanol–water partition coefficient (Wildman–Crippen LogP) is 36.5. The van der Waals surface area contributed by atoms with Gasteiger partial charge in [0.05, 0.1) is 0 Å². The minimum absolute atomic E-state index is 1.20. The number of unbranched alkanes of at least 4 members (excludes halogenated alkanes) is 74. The van der Waals surface area contributed by atoms with Crippen molar-refractivity contribution in [2.45, 2.75) is 515 Å². The second-order valence-corrected chi connectivity index (χ2v) is 33.9. The van der Waals surface area contributed by atoms with Crippen molar-refractivity contribution in [3.8, 4) is 11.1 Å². The summed E-state index contributed by atoms with van der Waals surface area (Å²) in [5.41, 5.74) is 9.05. The van der Waals surface area contributed by atoms with Gasteiger partial charge in [-0.1, -0.05) is 539 Å². The molecular formula is C94H168Br2. The van der Waals surface area contributed by atoms with Crippen molar-refractivity contribution >= 4 is 37.4 Å². The maximum atomic E-state index is 3.87. The van der Waals surface area contributed by atoms with Crippen LogP contribution in [0.15, 0.2) is 50.9 Å². The molecule has 96 heavy (non-hydrogen) atoms. The molecule has 2 aromatic carbocycles. The number of benzene rings is 2. The number of fused-ring (bicyclic) bond motifs is 3. The molecule has 0 aliphatic heterocycles. The van der Waals surface area contributed by atoms with Crippen LogP contribution in [-0.2, 0) is 0 Å². The molecule has 558 valence electrons. The SMILES string of the molecule is CCCCCCCCCCCCCCCCCCCCCCCCCCCCCCCCCCCCCCCCC(CCCCCCCCCCCCCCCCCCCCCCCCCCCCCCCCCCCCCCCC)=C1c2cc(Br)ccc2-c2ccc(Br)cc21. The summed E-state index contributed by atoms with van der Waals surface area (Å²) >= 11 is 7.74. The first kappa shape index (κ1) is 89.4. The molecule has 0 saturated heterocycles. The number of allylic oxidation sites excluding steroid dienone is 1. The van der Waals surface area contributed by atoms with Crippen LogP contribution >= 0.6 is 31.9 Å². The molecular weight excluding hydrogens is 1290 g/mol. The molecule has 0 nitrogen and oxygen atoms in total. The van der Waals surface area contributed by atoms with Crippen molar-refractivity contribution in [2.24, 2.45) is 0 Å². The summed E-state index contributed by atoms with van der Waals surface area (Å²) in [7, 11) is 0. The van der Waals surface area contributed by atoms with Crippen molar-refractivity contribution < 1.29 is 0 Å². The standard InChI is InChI=1S/C94H168Br2/c1-3-5-7-9-11-13-15-17-19-21-23-25-27-29-31-33-35-37-39-41-43-45-47-49-51-53-55-57-59-61-63-65-67-69-71-73-75-77-79-87(94-92-85-88(95)81-83-90(92)91-84-82-89(96)86-93(91)94)80-78-76-74-72-70-68-66-64-62-60-58-56-54-52-50-48-46-44-42-40-38-36-34-32-30-28-26-24-22-20-18-16-14-12-10-8-6-4-2/h81-86H,3-80H2,1-2H3. The van der Waals surface area contributed by atoms with Gasteiger partial charge in [-0.25, -0.2) is 0 Å². The lowest BCUT2D eigenvalue weighted by molar-refractivity contribution is 0.509. The van der Waals surface area contributed by atoms with E-state index in [0.717, 1.165) is 0 Å². The Kier molecular flexibility index (Phi) is 66.2. The third kappa shape index (κ3) is 53.9. The van der Waals surface area contributed by atoms with Crippen LogP contribution in [0.3, 0.4) is 0 Å². The van der Waals surface area contributed by atoms with E-state index in [1.807, 2.05) is 0 Å². The fraction of sp³-hybridized carbons (Fsp3) is 0.851. The highest BCUT2D eigenvalue weighted by molar-refractivity contribution is 9.10. The van der Waals surface area contributed by atoms with Gasteiger partial charge in [-0.3, -0.25) is 0 Å². The summed E-state index contributed by atoms with van der Waals surface area (Å²) in [5.74, 6) is 0. The van der Waals surface area contributed by atoms with Crippen molar-refractivity contribution in [2.75, 3.05) is 0 Å². The lowest BCUT2D eigenvalue weighted by atomic mass is 9.90. The van der Waals surface area contributed by atoms with Crippen LogP contribution in [0.25, 0.3) is 16.7 Å². The zero-order chi connectivity index (χ0) is 68.0. The highest BCUT2D eigenvalue weighted by atomic mass is 79.9. The number of hydrogen-bond donors (Lipinski definition) is 0. The van der Waals surface area contributed by atoms with Crippen LogP contribution in [0.5, 0.6) is 0 Å². The zero-order valence-electron chi connectivity index (χ0n) is 65.4. The molecule has 1 aliphatic rings. The zero-order valence-corrected chi connectivity index (χ0v) is 68.5. The summed E-state index contributed by atoms with van der Waals surface area (Å²) in [6.45, 7) is 4.63. The van der Waals surface area contributed by atoms with E-state index < -0.39 is 0 Å². The van der Waals surface area contributed by atoms with Crippen LogP contribution in [0.4, 0.5) is 0 Å². The quantitative estimate of drug-likeness (QED) is 0.0494. The Bertz CT molecular complexity index is 1810. The first-order valence-electron chi connectivity index (χ1n) is 45.0. The lowest BCUT2D eigenvalue weighted by Gasteiger charge is -2.15. The summed E-state index contributed by atoms with van der Waals surface area (Å²) in [5, 5.41) is 0. The first-order valence-corrected chi connectivity index (χ1v) is 46.6. The Morgan fingerprint density at radius 2 is 0.312 bits per heavy atom. The molecule has 0 bridgehead atoms. The molecule has 2 heteroatoms. The second-order valence-electron chi connectivity index (χ2n) is 32.0. The monoisotopic (exact) mass is 1460 g/mol. The number of hydrogen-bond acceptors (Lipinski definition) is 0. The molecule has 0 radical (unpaired) electrons. The Morgan fingerprint density at radius 3 is 0.458 bits per heavy atom. The van der Waals surface area contributed by atoms with Gasteiger partial charge >= 0.3 is 0 Å². The molecule has 1 aliphatic carbocycles. The first-order chi connectivity index (χ1) is 47.7. The van der Waals surface area contributed by atoms with E-state index in [1.54, 1.807) is 11.1 Å². The highest BCUT2D eigenvalue weighted by Gasteiger charge is 2.26. The fourth-order valence-corrected chi connectivity index (χ4v) is 17.1. The van der Waals surface area contributed by atoms with Gasteiger partial charge in [0, 0.05) is 8.95 Å². The third-order valence-corrected chi connectivity index (χ3v) is 23.8. The smallest absolute Gasteiger partial charge is 0.0181 e. The Labute approximate surface area is 620 Å². The van der Waals surface area contributed by atoms with Gasteiger partial charge in [-0.15, -0.1) is 0 Å². The van der Waals surface area contributed by atoms with Gasteiger partial charge in [0.25, 0.3) is 0 Å². The summed E-state index contributed by atoms with van der Waals surface area (Å²) in [6, 6.07) is 14.0. The van der Waals surface area contributed by atoms with E-state index >= 15 is 0 Å². The molecule has 0 aromatic heterocycles. The van der Waals surface area contributed by atoms with E-state index in [9.17, 15) is 0 Å². The van der Waals surface area contributed by atoms with Gasteiger partial charge < -0.3 is 0 Å². The minimum atomic E-state index is 1.20. The molecule has 0 atom stereocenters. The van der Waals surface area contributed by atoms with Crippen LogP contribution in [0, 0.1) is 0 Å². The van der Waals surface area contributed by atoms with Gasteiger partial charge in [0.1, 0.15) is 0 Å². The van der Waals surface area contributed by atoms with Gasteiger partial charge in [-0.2, -0.15) is 0 Å². The molecule has 0 spiro atoms. The Hall–Kier alpha value is -0.860. The topological polar surface area (TPSA) is 0 Å². The minimum Gasteiger partial charge on any atom is -0.0654 e. The van der Waals surface area contributed by atoms with E-state index in [1.165, 1.54) is 532 Å². The Balaban J connectivity index is 1.07. The van der Waals surface area contributed by atoms with E-state index in [0.29, 0.717) is 0 Å². The number of halogens is 2. The van der Waals surface area contributed by atoms with Crippen LogP contribution in [0.2, 0.25) is 0 Å². The summed E-state index contributed by atoms with van der Waals surface area (Å²) < 4.78 is 2.41. The molecule has 0 saturated carbocycles. The third-order valence-electron chi connectivity index (χ3n) is 22.8.